The van der Waals surface area contributed by atoms with Crippen LogP contribution in [0.25, 0.3) is 0 Å². The Morgan fingerprint density at radius 2 is 2.06 bits per heavy atom. The predicted molar refractivity (Wildman–Crippen MR) is 66.3 cm³/mol. The van der Waals surface area contributed by atoms with Crippen molar-refractivity contribution < 1.29 is 14.6 Å². The molecule has 17 heavy (non-hydrogen) atoms. The van der Waals surface area contributed by atoms with Crippen LogP contribution in [0.15, 0.2) is 30.3 Å². The monoisotopic (exact) mass is 236 g/mol. The largest absolute Gasteiger partial charge is 0.461 e. The van der Waals surface area contributed by atoms with E-state index in [-0.39, 0.29) is 25.1 Å². The summed E-state index contributed by atoms with van der Waals surface area (Å²) in [4.78, 5) is 11.7. The van der Waals surface area contributed by atoms with Crippen molar-refractivity contribution in [3.05, 3.63) is 35.9 Å². The van der Waals surface area contributed by atoms with E-state index in [0.717, 1.165) is 18.4 Å². The molecule has 94 valence electrons. The highest BCUT2D eigenvalue weighted by atomic mass is 16.5. The summed E-state index contributed by atoms with van der Waals surface area (Å²) < 4.78 is 5.18. The molecule has 1 aromatic carbocycles. The van der Waals surface area contributed by atoms with Crippen molar-refractivity contribution in [2.45, 2.75) is 32.8 Å². The molecule has 0 saturated carbocycles. The summed E-state index contributed by atoms with van der Waals surface area (Å²) in [5, 5.41) is 9.12. The zero-order valence-corrected chi connectivity index (χ0v) is 10.3. The van der Waals surface area contributed by atoms with Gasteiger partial charge in [-0.15, -0.1) is 0 Å². The number of hydrogen-bond donors (Lipinski definition) is 1. The maximum absolute atomic E-state index is 11.7. The molecule has 0 aliphatic rings. The van der Waals surface area contributed by atoms with Gasteiger partial charge in [-0.1, -0.05) is 50.1 Å². The van der Waals surface area contributed by atoms with Gasteiger partial charge in [-0.25, -0.2) is 0 Å². The van der Waals surface area contributed by atoms with Crippen LogP contribution in [0.4, 0.5) is 0 Å². The highest BCUT2D eigenvalue weighted by Crippen LogP contribution is 2.11. The number of aliphatic hydroxyl groups excluding tert-OH is 1. The van der Waals surface area contributed by atoms with Crippen molar-refractivity contribution in [2.24, 2.45) is 5.92 Å². The van der Waals surface area contributed by atoms with Crippen LogP contribution >= 0.6 is 0 Å². The Kier molecular flexibility index (Phi) is 6.33. The van der Waals surface area contributed by atoms with Gasteiger partial charge in [0.25, 0.3) is 0 Å². The molecule has 0 unspecified atom stereocenters. The van der Waals surface area contributed by atoms with E-state index in [1.165, 1.54) is 0 Å². The van der Waals surface area contributed by atoms with Crippen molar-refractivity contribution in [3.63, 3.8) is 0 Å². The molecule has 0 heterocycles. The Morgan fingerprint density at radius 3 is 2.65 bits per heavy atom. The Balaban J connectivity index is 2.37. The van der Waals surface area contributed by atoms with Crippen molar-refractivity contribution in [1.82, 2.24) is 0 Å². The van der Waals surface area contributed by atoms with E-state index in [0.29, 0.717) is 6.42 Å². The standard InChI is InChI=1S/C14H20O3/c1-2-3-9-13(10-15)14(16)17-11-12-7-5-4-6-8-12/h4-8,13,15H,2-3,9-11H2,1H3/t13-/m0/s1. The van der Waals surface area contributed by atoms with Gasteiger partial charge in [0.15, 0.2) is 0 Å². The molecule has 3 nitrogen and oxygen atoms in total. The first-order chi connectivity index (χ1) is 8.27. The third-order valence-corrected chi connectivity index (χ3v) is 2.68. The van der Waals surface area contributed by atoms with Gasteiger partial charge in [0.05, 0.1) is 12.5 Å². The molecule has 0 aliphatic carbocycles. The van der Waals surface area contributed by atoms with Gasteiger partial charge in [-0.05, 0) is 12.0 Å². The van der Waals surface area contributed by atoms with Crippen molar-refractivity contribution in [3.8, 4) is 0 Å². The van der Waals surface area contributed by atoms with Crippen LogP contribution < -0.4 is 0 Å². The molecule has 0 spiro atoms. The average molecular weight is 236 g/mol. The van der Waals surface area contributed by atoms with Crippen molar-refractivity contribution >= 4 is 5.97 Å². The average Bonchev–Trinajstić information content (AvgIpc) is 2.38. The number of esters is 1. The quantitative estimate of drug-likeness (QED) is 0.740. The van der Waals surface area contributed by atoms with E-state index in [2.05, 4.69) is 6.92 Å². The second-order valence-corrected chi connectivity index (χ2v) is 4.12. The van der Waals surface area contributed by atoms with E-state index < -0.39 is 0 Å². The van der Waals surface area contributed by atoms with Crippen LogP contribution in [0, 0.1) is 5.92 Å². The summed E-state index contributed by atoms with van der Waals surface area (Å²) in [6, 6.07) is 9.55. The summed E-state index contributed by atoms with van der Waals surface area (Å²) in [7, 11) is 0. The maximum Gasteiger partial charge on any atom is 0.311 e. The first-order valence-electron chi connectivity index (χ1n) is 6.09. The van der Waals surface area contributed by atoms with Crippen LogP contribution in [-0.2, 0) is 16.1 Å². The number of aliphatic hydroxyl groups is 1. The van der Waals surface area contributed by atoms with Gasteiger partial charge in [0.1, 0.15) is 6.61 Å². The zero-order chi connectivity index (χ0) is 12.5. The summed E-state index contributed by atoms with van der Waals surface area (Å²) in [6.45, 7) is 2.21. The minimum atomic E-state index is -0.376. The number of benzene rings is 1. The Labute approximate surface area is 102 Å². The summed E-state index contributed by atoms with van der Waals surface area (Å²) in [6.07, 6.45) is 2.65. The second kappa shape index (κ2) is 7.85. The van der Waals surface area contributed by atoms with Crippen LogP contribution in [0.3, 0.4) is 0 Å². The number of carbonyl (C=O) groups excluding carboxylic acids is 1. The fourth-order valence-corrected chi connectivity index (χ4v) is 1.58. The maximum atomic E-state index is 11.7. The van der Waals surface area contributed by atoms with Gasteiger partial charge in [0, 0.05) is 0 Å². The first kappa shape index (κ1) is 13.7. The lowest BCUT2D eigenvalue weighted by molar-refractivity contribution is -0.151. The number of carbonyl (C=O) groups is 1. The molecule has 1 atom stereocenters. The van der Waals surface area contributed by atoms with Crippen LogP contribution in [0.1, 0.15) is 31.7 Å². The Morgan fingerprint density at radius 1 is 1.35 bits per heavy atom. The minimum absolute atomic E-state index is 0.131. The molecule has 1 aromatic rings. The van der Waals surface area contributed by atoms with Gasteiger partial charge in [0.2, 0.25) is 0 Å². The molecule has 0 bridgehead atoms. The van der Waals surface area contributed by atoms with Gasteiger partial charge >= 0.3 is 5.97 Å². The summed E-state index contributed by atoms with van der Waals surface area (Å²) >= 11 is 0. The van der Waals surface area contributed by atoms with Gasteiger partial charge < -0.3 is 9.84 Å². The lowest BCUT2D eigenvalue weighted by atomic mass is 10.0. The van der Waals surface area contributed by atoms with Crippen LogP contribution in [0.5, 0.6) is 0 Å². The zero-order valence-electron chi connectivity index (χ0n) is 10.3. The van der Waals surface area contributed by atoms with E-state index in [1.54, 1.807) is 0 Å². The van der Waals surface area contributed by atoms with Crippen LogP contribution in [-0.4, -0.2) is 17.7 Å². The van der Waals surface area contributed by atoms with Gasteiger partial charge in [-0.3, -0.25) is 4.79 Å². The van der Waals surface area contributed by atoms with Crippen LogP contribution in [0.2, 0.25) is 0 Å². The highest BCUT2D eigenvalue weighted by Gasteiger charge is 2.18. The lowest BCUT2D eigenvalue weighted by Crippen LogP contribution is -2.21. The first-order valence-corrected chi connectivity index (χ1v) is 6.09. The molecular weight excluding hydrogens is 216 g/mol. The molecule has 0 fully saturated rings. The van der Waals surface area contributed by atoms with E-state index >= 15 is 0 Å². The number of rotatable bonds is 7. The third-order valence-electron chi connectivity index (χ3n) is 2.68. The molecule has 0 saturated heterocycles. The minimum Gasteiger partial charge on any atom is -0.461 e. The van der Waals surface area contributed by atoms with Gasteiger partial charge in [-0.2, -0.15) is 0 Å². The molecule has 1 N–H and O–H groups in total. The SMILES string of the molecule is CCCC[C@@H](CO)C(=O)OCc1ccccc1. The molecular formula is C14H20O3. The Hall–Kier alpha value is -1.35. The topological polar surface area (TPSA) is 46.5 Å². The smallest absolute Gasteiger partial charge is 0.311 e. The third kappa shape index (κ3) is 5.00. The molecule has 0 aromatic heterocycles. The summed E-state index contributed by atoms with van der Waals surface area (Å²) in [5.41, 5.74) is 0.966. The predicted octanol–water partition coefficient (Wildman–Crippen LogP) is 2.53. The second-order valence-electron chi connectivity index (χ2n) is 4.12. The summed E-state index contributed by atoms with van der Waals surface area (Å²) in [5.74, 6) is -0.677. The van der Waals surface area contributed by atoms with Crippen molar-refractivity contribution in [2.75, 3.05) is 6.61 Å². The molecule has 1 rings (SSSR count). The molecule has 3 heteroatoms. The van der Waals surface area contributed by atoms with Crippen molar-refractivity contribution in [1.29, 1.82) is 0 Å². The number of ether oxygens (including phenoxy) is 1. The fourth-order valence-electron chi connectivity index (χ4n) is 1.58. The van der Waals surface area contributed by atoms with E-state index in [1.807, 2.05) is 30.3 Å². The molecule has 0 radical (unpaired) electrons. The lowest BCUT2D eigenvalue weighted by Gasteiger charge is -2.13. The molecule has 0 aliphatic heterocycles. The normalized spacial score (nSPS) is 12.1. The number of unbranched alkanes of at least 4 members (excludes halogenated alkanes) is 1. The van der Waals surface area contributed by atoms with E-state index in [9.17, 15) is 4.79 Å². The van der Waals surface area contributed by atoms with E-state index in [4.69, 9.17) is 9.84 Å². The Bertz CT molecular complexity index is 321. The molecule has 0 amide bonds. The highest BCUT2D eigenvalue weighted by molar-refractivity contribution is 5.72. The number of hydrogen-bond acceptors (Lipinski definition) is 3. The fraction of sp³-hybridized carbons (Fsp3) is 0.500.